The third kappa shape index (κ3) is 4.44. The quantitative estimate of drug-likeness (QED) is 0.662. The summed E-state index contributed by atoms with van der Waals surface area (Å²) in [5.74, 6) is 0. The number of amides is 1. The van der Waals surface area contributed by atoms with E-state index in [9.17, 15) is 4.79 Å². The molecule has 0 heterocycles. The summed E-state index contributed by atoms with van der Waals surface area (Å²) in [6.07, 6.45) is 8.24. The van der Waals surface area contributed by atoms with Crippen LogP contribution in [-0.4, -0.2) is 6.41 Å². The third-order valence-electron chi connectivity index (χ3n) is 3.88. The van der Waals surface area contributed by atoms with E-state index in [1.54, 1.807) is 0 Å². The van der Waals surface area contributed by atoms with E-state index in [4.69, 9.17) is 10.5 Å². The minimum Gasteiger partial charge on any atom is -0.329 e. The summed E-state index contributed by atoms with van der Waals surface area (Å²) in [6.45, 7) is 4.28. The maximum Gasteiger partial charge on any atom is 0.211 e. The number of hydrogen-bond donors (Lipinski definition) is 1. The summed E-state index contributed by atoms with van der Waals surface area (Å²) in [5.41, 5.74) is 3.87. The van der Waals surface area contributed by atoms with E-state index in [1.807, 2.05) is 54.6 Å². The van der Waals surface area contributed by atoms with Crippen LogP contribution in [0.4, 0.5) is 5.69 Å². The van der Waals surface area contributed by atoms with Gasteiger partial charge in [0, 0.05) is 5.69 Å². The number of hydrogen-bond acceptors (Lipinski definition) is 3. The molecule has 0 radical (unpaired) electrons. The maximum absolute atomic E-state index is 10.4. The summed E-state index contributed by atoms with van der Waals surface area (Å²) in [4.78, 5) is 10.4. The molecule has 0 bridgehead atoms. The normalized spacial score (nSPS) is 16.0. The van der Waals surface area contributed by atoms with E-state index >= 15 is 0 Å². The van der Waals surface area contributed by atoms with Gasteiger partial charge in [-0.2, -0.15) is 10.5 Å². The van der Waals surface area contributed by atoms with Crippen LogP contribution in [0, 0.1) is 28.1 Å². The smallest absolute Gasteiger partial charge is 0.211 e. The fourth-order valence-corrected chi connectivity index (χ4v) is 2.85. The van der Waals surface area contributed by atoms with Crippen molar-refractivity contribution in [1.29, 1.82) is 10.5 Å². The van der Waals surface area contributed by atoms with Crippen LogP contribution in [0.1, 0.15) is 32.3 Å². The molecule has 0 saturated carbocycles. The van der Waals surface area contributed by atoms with Crippen molar-refractivity contribution in [3.05, 3.63) is 58.7 Å². The number of nitriles is 2. The van der Waals surface area contributed by atoms with Crippen LogP contribution in [-0.2, 0) is 4.79 Å². The lowest BCUT2D eigenvalue weighted by molar-refractivity contribution is -0.105. The van der Waals surface area contributed by atoms with E-state index in [1.165, 1.54) is 0 Å². The zero-order valence-corrected chi connectivity index (χ0v) is 13.8. The van der Waals surface area contributed by atoms with Crippen molar-refractivity contribution in [3.8, 4) is 12.1 Å². The van der Waals surface area contributed by atoms with Crippen LogP contribution in [0.15, 0.2) is 53.1 Å². The molecule has 1 N–H and O–H groups in total. The molecule has 0 aliphatic heterocycles. The number of allylic oxidation sites excluding steroid dienone is 5. The zero-order chi connectivity index (χ0) is 17.6. The molecule has 4 heteroatoms. The first-order valence-corrected chi connectivity index (χ1v) is 7.70. The number of carbonyl (C=O) groups is 1. The molecule has 0 unspecified atom stereocenters. The minimum atomic E-state index is 0.0143. The molecule has 1 aliphatic carbocycles. The monoisotopic (exact) mass is 317 g/mol. The summed E-state index contributed by atoms with van der Waals surface area (Å²) in [7, 11) is 0. The minimum absolute atomic E-state index is 0.0143. The molecule has 1 amide bonds. The molecule has 0 atom stereocenters. The Morgan fingerprint density at radius 1 is 1.12 bits per heavy atom. The van der Waals surface area contributed by atoms with Crippen LogP contribution in [0.5, 0.6) is 0 Å². The Balaban J connectivity index is 2.27. The lowest BCUT2D eigenvalue weighted by atomic mass is 9.74. The predicted octanol–water partition coefficient (Wildman–Crippen LogP) is 4.36. The second kappa shape index (κ2) is 7.44. The van der Waals surface area contributed by atoms with Gasteiger partial charge in [-0.1, -0.05) is 44.2 Å². The molecule has 0 aromatic heterocycles. The molecule has 1 aromatic carbocycles. The van der Waals surface area contributed by atoms with Gasteiger partial charge in [-0.05, 0) is 47.1 Å². The molecule has 120 valence electrons. The summed E-state index contributed by atoms with van der Waals surface area (Å²) >= 11 is 0. The number of benzene rings is 1. The SMILES string of the molecule is CC1(C)CC(C=Cc2ccc(NC=O)cc2)=CC(=C(C#N)C#N)C1. The van der Waals surface area contributed by atoms with E-state index in [0.717, 1.165) is 35.2 Å². The standard InChI is InChI=1S/C20H19N3O/c1-20(2)10-16(9-17(11-20)18(12-21)13-22)4-3-15-5-7-19(8-6-15)23-14-24/h3-9,14H,10-11H2,1-2H3,(H,23,24). The Kier molecular flexibility index (Phi) is 5.35. The molecular weight excluding hydrogens is 298 g/mol. The van der Waals surface area contributed by atoms with E-state index in [2.05, 4.69) is 19.2 Å². The fraction of sp³-hybridized carbons (Fsp3) is 0.250. The van der Waals surface area contributed by atoms with E-state index in [-0.39, 0.29) is 11.0 Å². The van der Waals surface area contributed by atoms with Gasteiger partial charge in [0.2, 0.25) is 6.41 Å². The summed E-state index contributed by atoms with van der Waals surface area (Å²) in [6, 6.07) is 11.5. The first-order chi connectivity index (χ1) is 11.5. The number of nitrogens with zero attached hydrogens (tertiary/aromatic N) is 2. The van der Waals surface area contributed by atoms with Crippen molar-refractivity contribution in [1.82, 2.24) is 0 Å². The second-order valence-corrected chi connectivity index (χ2v) is 6.58. The predicted molar refractivity (Wildman–Crippen MR) is 94.5 cm³/mol. The molecular formula is C20H19N3O. The highest BCUT2D eigenvalue weighted by Crippen LogP contribution is 2.39. The highest BCUT2D eigenvalue weighted by molar-refractivity contribution is 5.72. The summed E-state index contributed by atoms with van der Waals surface area (Å²) < 4.78 is 0. The molecule has 1 aliphatic rings. The zero-order valence-electron chi connectivity index (χ0n) is 13.8. The van der Waals surface area contributed by atoms with Gasteiger partial charge in [0.1, 0.15) is 17.7 Å². The number of carbonyl (C=O) groups excluding carboxylic acids is 1. The first kappa shape index (κ1) is 17.2. The van der Waals surface area contributed by atoms with Gasteiger partial charge in [-0.25, -0.2) is 0 Å². The van der Waals surface area contributed by atoms with Crippen molar-refractivity contribution in [3.63, 3.8) is 0 Å². The van der Waals surface area contributed by atoms with Crippen LogP contribution in [0.25, 0.3) is 6.08 Å². The molecule has 0 fully saturated rings. The Hall–Kier alpha value is -3.11. The molecule has 4 nitrogen and oxygen atoms in total. The lowest BCUT2D eigenvalue weighted by Gasteiger charge is -2.30. The van der Waals surface area contributed by atoms with Crippen molar-refractivity contribution in [2.75, 3.05) is 5.32 Å². The highest BCUT2D eigenvalue weighted by atomic mass is 16.1. The average molecular weight is 317 g/mol. The van der Waals surface area contributed by atoms with Crippen molar-refractivity contribution in [2.24, 2.45) is 5.41 Å². The van der Waals surface area contributed by atoms with Gasteiger partial charge < -0.3 is 5.32 Å². The number of nitrogens with one attached hydrogen (secondary N) is 1. The van der Waals surface area contributed by atoms with E-state index < -0.39 is 0 Å². The Morgan fingerprint density at radius 3 is 2.38 bits per heavy atom. The molecule has 0 saturated heterocycles. The Morgan fingerprint density at radius 2 is 1.79 bits per heavy atom. The average Bonchev–Trinajstić information content (AvgIpc) is 2.54. The highest BCUT2D eigenvalue weighted by Gasteiger charge is 2.26. The molecule has 2 rings (SSSR count). The van der Waals surface area contributed by atoms with Gasteiger partial charge >= 0.3 is 0 Å². The third-order valence-corrected chi connectivity index (χ3v) is 3.88. The second-order valence-electron chi connectivity index (χ2n) is 6.58. The van der Waals surface area contributed by atoms with Crippen LogP contribution >= 0.6 is 0 Å². The van der Waals surface area contributed by atoms with Crippen molar-refractivity contribution >= 4 is 18.2 Å². The van der Waals surface area contributed by atoms with Gasteiger partial charge in [0.25, 0.3) is 0 Å². The van der Waals surface area contributed by atoms with Gasteiger partial charge in [-0.15, -0.1) is 0 Å². The Labute approximate surface area is 142 Å². The van der Waals surface area contributed by atoms with E-state index in [0.29, 0.717) is 6.41 Å². The largest absolute Gasteiger partial charge is 0.329 e. The molecule has 24 heavy (non-hydrogen) atoms. The Bertz CT molecular complexity index is 781. The van der Waals surface area contributed by atoms with Gasteiger partial charge in [0.05, 0.1) is 0 Å². The van der Waals surface area contributed by atoms with Crippen molar-refractivity contribution < 1.29 is 4.79 Å². The topological polar surface area (TPSA) is 76.7 Å². The number of rotatable bonds is 4. The van der Waals surface area contributed by atoms with Crippen LogP contribution < -0.4 is 5.32 Å². The fourth-order valence-electron chi connectivity index (χ4n) is 2.85. The maximum atomic E-state index is 10.4. The van der Waals surface area contributed by atoms with Gasteiger partial charge in [0.15, 0.2) is 0 Å². The van der Waals surface area contributed by atoms with Crippen molar-refractivity contribution in [2.45, 2.75) is 26.7 Å². The van der Waals surface area contributed by atoms with Crippen LogP contribution in [0.2, 0.25) is 0 Å². The summed E-state index contributed by atoms with van der Waals surface area (Å²) in [5, 5.41) is 20.8. The number of anilines is 1. The van der Waals surface area contributed by atoms with Crippen LogP contribution in [0.3, 0.4) is 0 Å². The molecule has 0 spiro atoms. The lowest BCUT2D eigenvalue weighted by Crippen LogP contribution is -2.17. The first-order valence-electron chi connectivity index (χ1n) is 7.70. The van der Waals surface area contributed by atoms with Gasteiger partial charge in [-0.3, -0.25) is 4.79 Å². The molecule has 1 aromatic rings.